The van der Waals surface area contributed by atoms with Crippen LogP contribution in [-0.4, -0.2) is 32.8 Å². The standard InChI is InChI=1S/C23H21BrN2O2S2/c1-3-26-22(27)21(30-23(26)29)12-16-14-25(19-9-8-17(24)13-18(16)19)10-11-28-20-7-5-4-6-15(20)2/h4-9,12-14H,3,10-11H2,1-2H3/b21-12-. The number of halogens is 1. The third kappa shape index (κ3) is 4.19. The van der Waals surface area contributed by atoms with Crippen molar-refractivity contribution in [3.63, 3.8) is 0 Å². The molecule has 0 radical (unpaired) electrons. The van der Waals surface area contributed by atoms with Gasteiger partial charge in [0, 0.05) is 33.7 Å². The molecule has 0 unspecified atom stereocenters. The molecule has 0 bridgehead atoms. The van der Waals surface area contributed by atoms with Gasteiger partial charge >= 0.3 is 0 Å². The van der Waals surface area contributed by atoms with Crippen LogP contribution in [0.25, 0.3) is 17.0 Å². The Morgan fingerprint density at radius 3 is 2.77 bits per heavy atom. The summed E-state index contributed by atoms with van der Waals surface area (Å²) < 4.78 is 9.78. The second-order valence-corrected chi connectivity index (χ2v) is 9.57. The Labute approximate surface area is 194 Å². The van der Waals surface area contributed by atoms with Gasteiger partial charge in [-0.15, -0.1) is 0 Å². The fraction of sp³-hybridized carbons (Fsp3) is 0.217. The van der Waals surface area contributed by atoms with Crippen molar-refractivity contribution in [3.05, 3.63) is 69.2 Å². The predicted octanol–water partition coefficient (Wildman–Crippen LogP) is 6.01. The van der Waals surface area contributed by atoms with E-state index in [4.69, 9.17) is 17.0 Å². The first-order valence-corrected chi connectivity index (χ1v) is 11.7. The zero-order valence-electron chi connectivity index (χ0n) is 16.7. The second kappa shape index (κ2) is 8.96. The quantitative estimate of drug-likeness (QED) is 0.306. The summed E-state index contributed by atoms with van der Waals surface area (Å²) in [7, 11) is 0. The molecule has 1 fully saturated rings. The average Bonchev–Trinajstić information content (AvgIpc) is 3.19. The summed E-state index contributed by atoms with van der Waals surface area (Å²) in [6.45, 7) is 5.83. The second-order valence-electron chi connectivity index (χ2n) is 6.98. The Kier molecular flexibility index (Phi) is 6.32. The number of aromatic nitrogens is 1. The lowest BCUT2D eigenvalue weighted by molar-refractivity contribution is -0.121. The molecule has 0 saturated carbocycles. The van der Waals surface area contributed by atoms with Gasteiger partial charge in [-0.3, -0.25) is 9.69 Å². The first-order valence-electron chi connectivity index (χ1n) is 9.70. The monoisotopic (exact) mass is 500 g/mol. The minimum Gasteiger partial charge on any atom is -0.491 e. The Morgan fingerprint density at radius 1 is 1.23 bits per heavy atom. The summed E-state index contributed by atoms with van der Waals surface area (Å²) in [4.78, 5) is 14.9. The van der Waals surface area contributed by atoms with Crippen molar-refractivity contribution in [1.82, 2.24) is 9.47 Å². The lowest BCUT2D eigenvalue weighted by Gasteiger charge is -2.10. The molecule has 0 aliphatic carbocycles. The first-order chi connectivity index (χ1) is 14.5. The highest BCUT2D eigenvalue weighted by molar-refractivity contribution is 9.10. The Bertz CT molecular complexity index is 1170. The maximum atomic E-state index is 12.6. The lowest BCUT2D eigenvalue weighted by Crippen LogP contribution is -2.27. The van der Waals surface area contributed by atoms with Crippen molar-refractivity contribution in [3.8, 4) is 5.75 Å². The Morgan fingerprint density at radius 2 is 2.03 bits per heavy atom. The van der Waals surface area contributed by atoms with E-state index in [9.17, 15) is 4.79 Å². The molecule has 0 spiro atoms. The number of aryl methyl sites for hydroxylation is 1. The fourth-order valence-electron chi connectivity index (χ4n) is 3.48. The summed E-state index contributed by atoms with van der Waals surface area (Å²) >= 11 is 10.3. The van der Waals surface area contributed by atoms with Crippen LogP contribution in [0.1, 0.15) is 18.1 Å². The highest BCUT2D eigenvalue weighted by Gasteiger charge is 2.30. The number of para-hydroxylation sites is 1. The summed E-state index contributed by atoms with van der Waals surface area (Å²) in [5.41, 5.74) is 3.22. The smallest absolute Gasteiger partial charge is 0.266 e. The molecule has 1 amide bonds. The highest BCUT2D eigenvalue weighted by atomic mass is 79.9. The van der Waals surface area contributed by atoms with Crippen LogP contribution < -0.4 is 4.74 Å². The van der Waals surface area contributed by atoms with Gasteiger partial charge in [0.1, 0.15) is 16.7 Å². The van der Waals surface area contributed by atoms with Gasteiger partial charge in [0.25, 0.3) is 5.91 Å². The molecule has 1 saturated heterocycles. The molecule has 2 heterocycles. The number of ether oxygens (including phenoxy) is 1. The van der Waals surface area contributed by atoms with E-state index in [1.807, 2.05) is 50.3 Å². The van der Waals surface area contributed by atoms with Crippen molar-refractivity contribution < 1.29 is 9.53 Å². The number of rotatable bonds is 6. The number of likely N-dealkylation sites (N-methyl/N-ethyl adjacent to an activating group) is 1. The molecule has 154 valence electrons. The topological polar surface area (TPSA) is 34.5 Å². The summed E-state index contributed by atoms with van der Waals surface area (Å²) in [5, 5.41) is 1.09. The molecule has 2 aromatic carbocycles. The zero-order valence-corrected chi connectivity index (χ0v) is 19.9. The lowest BCUT2D eigenvalue weighted by atomic mass is 10.1. The molecule has 30 heavy (non-hydrogen) atoms. The number of hydrogen-bond acceptors (Lipinski definition) is 4. The van der Waals surface area contributed by atoms with Crippen LogP contribution in [-0.2, 0) is 11.3 Å². The highest BCUT2D eigenvalue weighted by Crippen LogP contribution is 2.34. The normalized spacial score (nSPS) is 15.6. The number of thioether (sulfide) groups is 1. The van der Waals surface area contributed by atoms with Crippen LogP contribution in [0.2, 0.25) is 0 Å². The number of thiocarbonyl (C=S) groups is 1. The zero-order chi connectivity index (χ0) is 21.3. The predicted molar refractivity (Wildman–Crippen MR) is 132 cm³/mol. The van der Waals surface area contributed by atoms with Gasteiger partial charge in [0.15, 0.2) is 0 Å². The van der Waals surface area contributed by atoms with E-state index in [2.05, 4.69) is 38.8 Å². The van der Waals surface area contributed by atoms with Crippen LogP contribution >= 0.6 is 39.9 Å². The molecule has 1 aromatic heterocycles. The van der Waals surface area contributed by atoms with Crippen molar-refractivity contribution in [2.75, 3.05) is 13.2 Å². The van der Waals surface area contributed by atoms with Crippen LogP contribution in [0.5, 0.6) is 5.75 Å². The van der Waals surface area contributed by atoms with Crippen molar-refractivity contribution in [1.29, 1.82) is 0 Å². The molecule has 1 aliphatic rings. The third-order valence-electron chi connectivity index (χ3n) is 5.03. The van der Waals surface area contributed by atoms with E-state index in [1.54, 1.807) is 4.90 Å². The Balaban J connectivity index is 1.63. The van der Waals surface area contributed by atoms with Gasteiger partial charge in [-0.25, -0.2) is 0 Å². The van der Waals surface area contributed by atoms with E-state index in [0.29, 0.717) is 28.9 Å². The minimum absolute atomic E-state index is 0.0220. The SMILES string of the molecule is CCN1C(=O)/C(=C/c2cn(CCOc3ccccc3C)c3ccc(Br)cc23)SC1=S. The largest absolute Gasteiger partial charge is 0.491 e. The molecule has 0 atom stereocenters. The third-order valence-corrected chi connectivity index (χ3v) is 6.90. The van der Waals surface area contributed by atoms with Crippen LogP contribution in [0.4, 0.5) is 0 Å². The van der Waals surface area contributed by atoms with Gasteiger partial charge in [0.05, 0.1) is 11.4 Å². The van der Waals surface area contributed by atoms with E-state index in [0.717, 1.165) is 32.3 Å². The number of carbonyl (C=O) groups is 1. The van der Waals surface area contributed by atoms with E-state index in [1.165, 1.54) is 11.8 Å². The maximum Gasteiger partial charge on any atom is 0.266 e. The van der Waals surface area contributed by atoms with E-state index >= 15 is 0 Å². The molecular weight excluding hydrogens is 480 g/mol. The molecule has 4 nitrogen and oxygen atoms in total. The average molecular weight is 501 g/mol. The number of hydrogen-bond donors (Lipinski definition) is 0. The number of fused-ring (bicyclic) bond motifs is 1. The van der Waals surface area contributed by atoms with Gasteiger partial charge in [-0.05, 0) is 49.8 Å². The number of benzene rings is 2. The van der Waals surface area contributed by atoms with Gasteiger partial charge in [-0.2, -0.15) is 0 Å². The molecular formula is C23H21BrN2O2S2. The van der Waals surface area contributed by atoms with Crippen LogP contribution in [0.15, 0.2) is 58.0 Å². The summed E-state index contributed by atoms with van der Waals surface area (Å²) in [6, 6.07) is 14.2. The minimum atomic E-state index is -0.0220. The van der Waals surface area contributed by atoms with E-state index in [-0.39, 0.29) is 5.91 Å². The van der Waals surface area contributed by atoms with Crippen molar-refractivity contribution in [2.24, 2.45) is 0 Å². The van der Waals surface area contributed by atoms with E-state index < -0.39 is 0 Å². The fourth-order valence-corrected chi connectivity index (χ4v) is 5.22. The number of nitrogens with zero attached hydrogens (tertiary/aromatic N) is 2. The Hall–Kier alpha value is -2.09. The number of amides is 1. The van der Waals surface area contributed by atoms with Gasteiger partial charge in [-0.1, -0.05) is 58.1 Å². The maximum absolute atomic E-state index is 12.6. The summed E-state index contributed by atoms with van der Waals surface area (Å²) in [6.07, 6.45) is 4.03. The summed E-state index contributed by atoms with van der Waals surface area (Å²) in [5.74, 6) is 0.881. The van der Waals surface area contributed by atoms with Crippen LogP contribution in [0, 0.1) is 6.92 Å². The molecule has 1 aliphatic heterocycles. The van der Waals surface area contributed by atoms with Gasteiger partial charge in [0.2, 0.25) is 0 Å². The van der Waals surface area contributed by atoms with Gasteiger partial charge < -0.3 is 9.30 Å². The van der Waals surface area contributed by atoms with Crippen molar-refractivity contribution in [2.45, 2.75) is 20.4 Å². The van der Waals surface area contributed by atoms with Crippen molar-refractivity contribution >= 4 is 67.1 Å². The molecule has 0 N–H and O–H groups in total. The molecule has 7 heteroatoms. The number of carbonyl (C=O) groups excluding carboxylic acids is 1. The van der Waals surface area contributed by atoms with Crippen LogP contribution in [0.3, 0.4) is 0 Å². The molecule has 4 rings (SSSR count). The molecule has 3 aromatic rings. The first kappa shape index (κ1) is 21.2.